The second kappa shape index (κ2) is 8.72. The van der Waals surface area contributed by atoms with Crippen LogP contribution < -0.4 is 4.74 Å². The maximum Gasteiger partial charge on any atom is 0.257 e. The highest BCUT2D eigenvalue weighted by Gasteiger charge is 2.27. The minimum Gasteiger partial charge on any atom is -0.492 e. The van der Waals surface area contributed by atoms with Crippen LogP contribution in [-0.4, -0.2) is 61.7 Å². The smallest absolute Gasteiger partial charge is 0.257 e. The van der Waals surface area contributed by atoms with Gasteiger partial charge < -0.3 is 14.4 Å². The summed E-state index contributed by atoms with van der Waals surface area (Å²) in [7, 11) is 0. The Balaban J connectivity index is 1.54. The molecule has 146 valence electrons. The third-order valence-corrected chi connectivity index (χ3v) is 5.39. The quantitative estimate of drug-likeness (QED) is 0.797. The maximum absolute atomic E-state index is 12.9. The minimum atomic E-state index is -0.0400. The Morgan fingerprint density at radius 3 is 2.59 bits per heavy atom. The molecule has 0 saturated carbocycles. The number of ether oxygens (including phenoxy) is 2. The summed E-state index contributed by atoms with van der Waals surface area (Å²) >= 11 is 0. The molecule has 27 heavy (non-hydrogen) atoms. The average Bonchev–Trinajstić information content (AvgIpc) is 2.81. The van der Waals surface area contributed by atoms with Gasteiger partial charge in [0.05, 0.1) is 13.2 Å². The number of benzene rings is 1. The van der Waals surface area contributed by atoms with E-state index in [4.69, 9.17) is 9.47 Å². The molecule has 1 aromatic carbocycles. The fourth-order valence-electron chi connectivity index (χ4n) is 3.24. The lowest BCUT2D eigenvalue weighted by molar-refractivity contribution is 0.0322. The standard InChI is InChI=1S/C22H30N2O3/c1-18-5-4-10-24(17-22(18,2)3)21(25)19-6-8-20(9-7-19)27-16-13-23-11-14-26-15-12-23/h4-10H,11-17H2,1-3H3. The molecular weight excluding hydrogens is 340 g/mol. The Bertz CT molecular complexity index is 701. The van der Waals surface area contributed by atoms with Crippen molar-refractivity contribution in [2.45, 2.75) is 20.8 Å². The molecule has 0 aromatic heterocycles. The monoisotopic (exact) mass is 370 g/mol. The highest BCUT2D eigenvalue weighted by atomic mass is 16.5. The van der Waals surface area contributed by atoms with Crippen molar-refractivity contribution in [1.29, 1.82) is 0 Å². The van der Waals surface area contributed by atoms with Crippen molar-refractivity contribution >= 4 is 5.91 Å². The summed E-state index contributed by atoms with van der Waals surface area (Å²) < 4.78 is 11.2. The summed E-state index contributed by atoms with van der Waals surface area (Å²) in [5.74, 6) is 0.811. The summed E-state index contributed by atoms with van der Waals surface area (Å²) in [5.41, 5.74) is 1.91. The number of carbonyl (C=O) groups is 1. The van der Waals surface area contributed by atoms with E-state index in [0.717, 1.165) is 38.6 Å². The third-order valence-electron chi connectivity index (χ3n) is 5.39. The molecule has 2 aliphatic rings. The van der Waals surface area contributed by atoms with Gasteiger partial charge in [0.25, 0.3) is 5.91 Å². The van der Waals surface area contributed by atoms with Crippen LogP contribution in [0.2, 0.25) is 0 Å². The molecule has 0 N–H and O–H groups in total. The molecule has 2 heterocycles. The number of rotatable bonds is 5. The fourth-order valence-corrected chi connectivity index (χ4v) is 3.24. The largest absolute Gasteiger partial charge is 0.492 e. The first-order valence-electron chi connectivity index (χ1n) is 9.65. The van der Waals surface area contributed by atoms with E-state index in [1.165, 1.54) is 5.57 Å². The zero-order valence-corrected chi connectivity index (χ0v) is 16.6. The van der Waals surface area contributed by atoms with E-state index in [1.54, 1.807) is 4.90 Å². The topological polar surface area (TPSA) is 42.0 Å². The van der Waals surface area contributed by atoms with Crippen LogP contribution in [-0.2, 0) is 4.74 Å². The third kappa shape index (κ3) is 5.21. The number of hydrogen-bond donors (Lipinski definition) is 0. The van der Waals surface area contributed by atoms with Gasteiger partial charge in [-0.25, -0.2) is 0 Å². The Kier molecular flexibility index (Phi) is 6.34. The van der Waals surface area contributed by atoms with Crippen molar-refractivity contribution in [2.75, 3.05) is 46.0 Å². The first kappa shape index (κ1) is 19.6. The van der Waals surface area contributed by atoms with E-state index in [9.17, 15) is 4.79 Å². The van der Waals surface area contributed by atoms with E-state index >= 15 is 0 Å². The molecule has 1 amide bonds. The van der Waals surface area contributed by atoms with Gasteiger partial charge in [-0.2, -0.15) is 0 Å². The van der Waals surface area contributed by atoms with Gasteiger partial charge in [-0.1, -0.05) is 25.5 Å². The van der Waals surface area contributed by atoms with Crippen molar-refractivity contribution in [3.05, 3.63) is 53.8 Å². The first-order valence-corrected chi connectivity index (χ1v) is 9.65. The van der Waals surface area contributed by atoms with Gasteiger partial charge in [0.1, 0.15) is 12.4 Å². The minimum absolute atomic E-state index is 0.0160. The van der Waals surface area contributed by atoms with Crippen molar-refractivity contribution in [1.82, 2.24) is 9.80 Å². The van der Waals surface area contributed by atoms with Crippen molar-refractivity contribution in [3.63, 3.8) is 0 Å². The fraction of sp³-hybridized carbons (Fsp3) is 0.500. The van der Waals surface area contributed by atoms with E-state index < -0.39 is 0 Å². The predicted octanol–water partition coefficient (Wildman–Crippen LogP) is 3.34. The van der Waals surface area contributed by atoms with E-state index in [2.05, 4.69) is 31.7 Å². The molecule has 5 nitrogen and oxygen atoms in total. The lowest BCUT2D eigenvalue weighted by atomic mass is 9.85. The number of hydrogen-bond acceptors (Lipinski definition) is 4. The second-order valence-corrected chi connectivity index (χ2v) is 7.83. The molecule has 3 rings (SSSR count). The Morgan fingerprint density at radius 1 is 1.19 bits per heavy atom. The van der Waals surface area contributed by atoms with Crippen LogP contribution in [0.3, 0.4) is 0 Å². The molecule has 1 aromatic rings. The maximum atomic E-state index is 12.9. The zero-order valence-electron chi connectivity index (χ0n) is 16.6. The molecule has 1 saturated heterocycles. The van der Waals surface area contributed by atoms with E-state index in [0.29, 0.717) is 18.7 Å². The van der Waals surface area contributed by atoms with Crippen LogP contribution in [0.1, 0.15) is 31.1 Å². The molecule has 0 bridgehead atoms. The Labute approximate surface area is 162 Å². The van der Waals surface area contributed by atoms with Crippen LogP contribution in [0.25, 0.3) is 0 Å². The number of nitrogens with zero attached hydrogens (tertiary/aromatic N) is 2. The molecule has 1 fully saturated rings. The van der Waals surface area contributed by atoms with Gasteiger partial charge in [0.2, 0.25) is 0 Å². The van der Waals surface area contributed by atoms with Gasteiger partial charge in [-0.3, -0.25) is 9.69 Å². The number of allylic oxidation sites excluding steroid dienone is 2. The Hall–Kier alpha value is -2.11. The Morgan fingerprint density at radius 2 is 1.89 bits per heavy atom. The summed E-state index contributed by atoms with van der Waals surface area (Å²) in [5, 5.41) is 0. The van der Waals surface area contributed by atoms with Gasteiger partial charge >= 0.3 is 0 Å². The lowest BCUT2D eigenvalue weighted by Crippen LogP contribution is -2.38. The predicted molar refractivity (Wildman–Crippen MR) is 107 cm³/mol. The molecule has 2 aliphatic heterocycles. The van der Waals surface area contributed by atoms with Crippen molar-refractivity contribution in [3.8, 4) is 5.75 Å². The van der Waals surface area contributed by atoms with Crippen molar-refractivity contribution < 1.29 is 14.3 Å². The lowest BCUT2D eigenvalue weighted by Gasteiger charge is -2.30. The van der Waals surface area contributed by atoms with Crippen molar-refractivity contribution in [2.24, 2.45) is 5.41 Å². The summed E-state index contributed by atoms with van der Waals surface area (Å²) in [6.45, 7) is 12.2. The van der Waals surface area contributed by atoms with Crippen LogP contribution in [0.4, 0.5) is 0 Å². The van der Waals surface area contributed by atoms with Crippen LogP contribution in [0.5, 0.6) is 5.75 Å². The summed E-state index contributed by atoms with van der Waals surface area (Å²) in [4.78, 5) is 17.0. The van der Waals surface area contributed by atoms with Crippen LogP contribution in [0.15, 0.2) is 48.2 Å². The van der Waals surface area contributed by atoms with Gasteiger partial charge in [-0.15, -0.1) is 0 Å². The van der Waals surface area contributed by atoms with Gasteiger partial charge in [0, 0.05) is 43.4 Å². The summed E-state index contributed by atoms with van der Waals surface area (Å²) in [6.07, 6.45) is 5.90. The second-order valence-electron chi connectivity index (χ2n) is 7.83. The normalized spacial score (nSPS) is 20.1. The number of carbonyl (C=O) groups excluding carboxylic acids is 1. The van der Waals surface area contributed by atoms with Crippen LogP contribution in [0, 0.1) is 5.41 Å². The highest BCUT2D eigenvalue weighted by Crippen LogP contribution is 2.30. The summed E-state index contributed by atoms with van der Waals surface area (Å²) in [6, 6.07) is 7.45. The van der Waals surface area contributed by atoms with Gasteiger partial charge in [-0.05, 0) is 37.3 Å². The zero-order chi connectivity index (χ0) is 19.3. The SMILES string of the molecule is CC1=CC=CN(C(=O)c2ccc(OCCN3CCOCC3)cc2)CC1(C)C. The van der Waals surface area contributed by atoms with Gasteiger partial charge in [0.15, 0.2) is 0 Å². The molecule has 0 atom stereocenters. The molecule has 5 heteroatoms. The first-order chi connectivity index (χ1) is 13.0. The number of morpholine rings is 1. The average molecular weight is 370 g/mol. The molecule has 0 radical (unpaired) electrons. The van der Waals surface area contributed by atoms with E-state index in [1.807, 2.05) is 36.5 Å². The molecule has 0 aliphatic carbocycles. The van der Waals surface area contributed by atoms with E-state index in [-0.39, 0.29) is 11.3 Å². The molecular formula is C22H30N2O3. The molecule has 0 unspecified atom stereocenters. The highest BCUT2D eigenvalue weighted by molar-refractivity contribution is 5.95. The number of amides is 1. The van der Waals surface area contributed by atoms with Crippen LogP contribution >= 0.6 is 0 Å². The molecule has 0 spiro atoms.